The Morgan fingerprint density at radius 1 is 1.03 bits per heavy atom. The van der Waals surface area contributed by atoms with Crippen molar-refractivity contribution >= 4 is 5.91 Å². The third-order valence-corrected chi connectivity index (χ3v) is 5.57. The van der Waals surface area contributed by atoms with Gasteiger partial charge in [-0.1, -0.05) is 44.2 Å². The van der Waals surface area contributed by atoms with E-state index < -0.39 is 0 Å². The van der Waals surface area contributed by atoms with E-state index in [0.717, 1.165) is 22.6 Å². The molecular formula is C26H31NO4. The van der Waals surface area contributed by atoms with E-state index in [-0.39, 0.29) is 17.7 Å². The van der Waals surface area contributed by atoms with Gasteiger partial charge in [-0.15, -0.1) is 0 Å². The molecule has 0 N–H and O–H groups in total. The van der Waals surface area contributed by atoms with Gasteiger partial charge in [0, 0.05) is 19.2 Å². The highest BCUT2D eigenvalue weighted by Crippen LogP contribution is 2.30. The lowest BCUT2D eigenvalue weighted by molar-refractivity contribution is 0.0705. The molecule has 31 heavy (non-hydrogen) atoms. The van der Waals surface area contributed by atoms with Gasteiger partial charge in [0.2, 0.25) is 0 Å². The molecule has 0 aliphatic carbocycles. The van der Waals surface area contributed by atoms with Gasteiger partial charge in [0.25, 0.3) is 11.9 Å². The maximum atomic E-state index is 13.0. The number of benzene rings is 2. The molecule has 0 aliphatic heterocycles. The van der Waals surface area contributed by atoms with E-state index in [1.165, 1.54) is 5.56 Å². The van der Waals surface area contributed by atoms with Crippen LogP contribution < -0.4 is 9.47 Å². The van der Waals surface area contributed by atoms with Gasteiger partial charge in [0.05, 0.1) is 7.11 Å². The van der Waals surface area contributed by atoms with Gasteiger partial charge in [-0.3, -0.25) is 4.79 Å². The Morgan fingerprint density at radius 3 is 2.48 bits per heavy atom. The average molecular weight is 422 g/mol. The number of nitrogens with zero attached hydrogens (tertiary/aromatic N) is 1. The Labute approximate surface area is 184 Å². The van der Waals surface area contributed by atoms with Crippen LogP contribution in [0.1, 0.15) is 53.9 Å². The highest BCUT2D eigenvalue weighted by Gasteiger charge is 2.22. The summed E-state index contributed by atoms with van der Waals surface area (Å²) in [5.74, 6) is 2.32. The molecule has 3 rings (SSSR count). The fourth-order valence-corrected chi connectivity index (χ4v) is 3.38. The third kappa shape index (κ3) is 5.29. The number of hydrogen-bond donors (Lipinski definition) is 0. The first kappa shape index (κ1) is 22.5. The minimum Gasteiger partial charge on any atom is -0.496 e. The summed E-state index contributed by atoms with van der Waals surface area (Å²) < 4.78 is 17.1. The number of para-hydroxylation sites is 1. The van der Waals surface area contributed by atoms with Gasteiger partial charge < -0.3 is 18.8 Å². The number of carbonyl (C=O) groups excluding carboxylic acids is 1. The first-order chi connectivity index (χ1) is 14.8. The maximum absolute atomic E-state index is 13.0. The number of aryl methyl sites for hydroxylation is 1. The molecule has 164 valence electrons. The number of furan rings is 1. The summed E-state index contributed by atoms with van der Waals surface area (Å²) in [6.45, 7) is 8.27. The number of likely N-dealkylation sites (N-methyl/N-ethyl adjacent to an activating group) is 1. The predicted molar refractivity (Wildman–Crippen MR) is 122 cm³/mol. The normalized spacial score (nSPS) is 12.0. The van der Waals surface area contributed by atoms with Crippen LogP contribution in [0.4, 0.5) is 0 Å². The Hall–Kier alpha value is -3.21. The molecule has 0 aliphatic rings. The molecule has 0 saturated carbocycles. The Morgan fingerprint density at radius 2 is 1.77 bits per heavy atom. The van der Waals surface area contributed by atoms with E-state index in [9.17, 15) is 4.79 Å². The molecule has 5 nitrogen and oxygen atoms in total. The molecule has 1 aromatic heterocycles. The first-order valence-corrected chi connectivity index (χ1v) is 10.6. The van der Waals surface area contributed by atoms with Crippen LogP contribution in [0.25, 0.3) is 0 Å². The van der Waals surface area contributed by atoms with E-state index in [1.54, 1.807) is 31.2 Å². The lowest BCUT2D eigenvalue weighted by atomic mass is 10.0. The molecule has 1 atom stereocenters. The lowest BCUT2D eigenvalue weighted by Crippen LogP contribution is -2.36. The lowest BCUT2D eigenvalue weighted by Gasteiger charge is -2.24. The van der Waals surface area contributed by atoms with E-state index in [2.05, 4.69) is 19.9 Å². The summed E-state index contributed by atoms with van der Waals surface area (Å²) in [5.41, 5.74) is 3.26. The van der Waals surface area contributed by atoms with Crippen LogP contribution in [0.3, 0.4) is 0 Å². The van der Waals surface area contributed by atoms with Gasteiger partial charge in [0.1, 0.15) is 11.5 Å². The minimum atomic E-state index is -0.190. The van der Waals surface area contributed by atoms with Gasteiger partial charge in [-0.05, 0) is 61.1 Å². The number of carbonyl (C=O) groups is 1. The van der Waals surface area contributed by atoms with Crippen molar-refractivity contribution in [1.29, 1.82) is 0 Å². The second kappa shape index (κ2) is 9.73. The zero-order valence-electron chi connectivity index (χ0n) is 19.1. The number of methoxy groups -OCH3 is 1. The van der Waals surface area contributed by atoms with Crippen molar-refractivity contribution in [3.05, 3.63) is 77.0 Å². The smallest absolute Gasteiger partial charge is 0.290 e. The second-order valence-corrected chi connectivity index (χ2v) is 8.18. The quantitative estimate of drug-likeness (QED) is 0.433. The summed E-state index contributed by atoms with van der Waals surface area (Å²) >= 11 is 0. The molecule has 1 unspecified atom stereocenters. The molecular weight excluding hydrogens is 390 g/mol. The Kier molecular flexibility index (Phi) is 7.06. The summed E-state index contributed by atoms with van der Waals surface area (Å²) in [4.78, 5) is 14.6. The van der Waals surface area contributed by atoms with Crippen LogP contribution in [0.5, 0.6) is 17.4 Å². The third-order valence-electron chi connectivity index (χ3n) is 5.57. The van der Waals surface area contributed by atoms with Crippen LogP contribution in [0, 0.1) is 6.92 Å². The Balaban J connectivity index is 1.70. The first-order valence-electron chi connectivity index (χ1n) is 10.6. The van der Waals surface area contributed by atoms with Crippen molar-refractivity contribution in [3.63, 3.8) is 0 Å². The maximum Gasteiger partial charge on any atom is 0.290 e. The zero-order chi connectivity index (χ0) is 22.5. The van der Waals surface area contributed by atoms with Crippen molar-refractivity contribution < 1.29 is 18.7 Å². The summed E-state index contributed by atoms with van der Waals surface area (Å²) in [7, 11) is 3.43. The van der Waals surface area contributed by atoms with Gasteiger partial charge in [-0.25, -0.2) is 0 Å². The largest absolute Gasteiger partial charge is 0.496 e. The molecule has 1 amide bonds. The van der Waals surface area contributed by atoms with Crippen LogP contribution in [-0.4, -0.2) is 31.0 Å². The summed E-state index contributed by atoms with van der Waals surface area (Å²) in [6.07, 6.45) is 0.678. The second-order valence-electron chi connectivity index (χ2n) is 8.18. The SMILES string of the molecule is COc1ccccc1CC(C)N(C)C(=O)c1ccc(Oc2cc(C(C)C)ccc2C)o1. The van der Waals surface area contributed by atoms with Gasteiger partial charge in [-0.2, -0.15) is 0 Å². The fourth-order valence-electron chi connectivity index (χ4n) is 3.38. The predicted octanol–water partition coefficient (Wildman–Crippen LogP) is 6.22. The summed E-state index contributed by atoms with van der Waals surface area (Å²) in [6, 6.07) is 17.3. The van der Waals surface area contributed by atoms with Crippen molar-refractivity contribution in [2.24, 2.45) is 0 Å². The van der Waals surface area contributed by atoms with E-state index in [4.69, 9.17) is 13.9 Å². The number of amides is 1. The molecule has 0 bridgehead atoms. The highest BCUT2D eigenvalue weighted by molar-refractivity contribution is 5.91. The van der Waals surface area contributed by atoms with Gasteiger partial charge >= 0.3 is 0 Å². The fraction of sp³-hybridized carbons (Fsp3) is 0.346. The topological polar surface area (TPSA) is 51.9 Å². The van der Waals surface area contributed by atoms with Crippen molar-refractivity contribution in [2.45, 2.75) is 46.1 Å². The van der Waals surface area contributed by atoms with E-state index >= 15 is 0 Å². The average Bonchev–Trinajstić information content (AvgIpc) is 3.23. The Bertz CT molecular complexity index is 1040. The van der Waals surface area contributed by atoms with Crippen molar-refractivity contribution in [1.82, 2.24) is 4.90 Å². The monoisotopic (exact) mass is 421 g/mol. The summed E-state index contributed by atoms with van der Waals surface area (Å²) in [5, 5.41) is 0. The standard InChI is InChI=1S/C26H31NO4/c1-17(2)20-12-11-18(3)24(16-20)31-25-14-13-23(30-25)26(28)27(5)19(4)15-21-9-7-8-10-22(21)29-6/h7-14,16-17,19H,15H2,1-6H3. The van der Waals surface area contributed by atoms with E-state index in [0.29, 0.717) is 18.3 Å². The minimum absolute atomic E-state index is 0.0387. The molecule has 0 radical (unpaired) electrons. The van der Waals surface area contributed by atoms with E-state index in [1.807, 2.05) is 50.2 Å². The van der Waals surface area contributed by atoms with Crippen molar-refractivity contribution in [3.8, 4) is 17.4 Å². The van der Waals surface area contributed by atoms with Crippen LogP contribution in [0.2, 0.25) is 0 Å². The van der Waals surface area contributed by atoms with Crippen molar-refractivity contribution in [2.75, 3.05) is 14.2 Å². The molecule has 0 fully saturated rings. The molecule has 3 aromatic rings. The highest BCUT2D eigenvalue weighted by atomic mass is 16.6. The molecule has 1 heterocycles. The number of ether oxygens (including phenoxy) is 2. The van der Waals surface area contributed by atoms with Crippen LogP contribution in [-0.2, 0) is 6.42 Å². The molecule has 5 heteroatoms. The van der Waals surface area contributed by atoms with Crippen LogP contribution in [0.15, 0.2) is 59.0 Å². The number of rotatable bonds is 8. The molecule has 0 saturated heterocycles. The zero-order valence-corrected chi connectivity index (χ0v) is 19.1. The number of hydrogen-bond acceptors (Lipinski definition) is 4. The molecule has 0 spiro atoms. The van der Waals surface area contributed by atoms with Crippen LogP contribution >= 0.6 is 0 Å². The molecule has 2 aromatic carbocycles. The van der Waals surface area contributed by atoms with Gasteiger partial charge in [0.15, 0.2) is 5.76 Å².